The molecule has 162 valence electrons. The Hall–Kier alpha value is -2.92. The summed E-state index contributed by atoms with van der Waals surface area (Å²) < 4.78 is 31.5. The zero-order valence-electron chi connectivity index (χ0n) is 16.7. The topological polar surface area (TPSA) is 125 Å². The van der Waals surface area contributed by atoms with Crippen LogP contribution in [-0.2, 0) is 14.8 Å². The molecular formula is C19H25N5O5S. The number of carbonyl (C=O) groups excluding carboxylic acids is 2. The number of sulfonamides is 1. The SMILES string of the molecule is CC(NC(=O)c1ccco1)C(=O)NCCS(=O)(=O)N1CCN(c2ccccn2)CC1. The minimum absolute atomic E-state index is 0.0391. The lowest BCUT2D eigenvalue weighted by molar-refractivity contribution is -0.122. The summed E-state index contributed by atoms with van der Waals surface area (Å²) in [5, 5.41) is 5.05. The monoisotopic (exact) mass is 435 g/mol. The van der Waals surface area contributed by atoms with Gasteiger partial charge in [-0.2, -0.15) is 4.31 Å². The van der Waals surface area contributed by atoms with Crippen LogP contribution < -0.4 is 15.5 Å². The summed E-state index contributed by atoms with van der Waals surface area (Å²) in [6, 6.07) is 7.85. The van der Waals surface area contributed by atoms with Crippen LogP contribution in [0, 0.1) is 0 Å². The van der Waals surface area contributed by atoms with E-state index in [0.717, 1.165) is 5.82 Å². The maximum atomic E-state index is 12.6. The van der Waals surface area contributed by atoms with Crippen molar-refractivity contribution in [2.24, 2.45) is 0 Å². The van der Waals surface area contributed by atoms with Crippen LogP contribution >= 0.6 is 0 Å². The molecule has 3 heterocycles. The fourth-order valence-electron chi connectivity index (χ4n) is 3.06. The van der Waals surface area contributed by atoms with E-state index >= 15 is 0 Å². The lowest BCUT2D eigenvalue weighted by atomic mass is 10.3. The molecule has 0 aliphatic carbocycles. The first-order valence-electron chi connectivity index (χ1n) is 9.63. The van der Waals surface area contributed by atoms with Gasteiger partial charge in [-0.25, -0.2) is 13.4 Å². The van der Waals surface area contributed by atoms with Crippen LogP contribution in [0.15, 0.2) is 47.2 Å². The molecule has 10 nitrogen and oxygen atoms in total. The molecule has 30 heavy (non-hydrogen) atoms. The highest BCUT2D eigenvalue weighted by molar-refractivity contribution is 7.89. The second-order valence-corrected chi connectivity index (χ2v) is 8.94. The summed E-state index contributed by atoms with van der Waals surface area (Å²) >= 11 is 0. The molecule has 1 unspecified atom stereocenters. The average molecular weight is 436 g/mol. The van der Waals surface area contributed by atoms with Gasteiger partial charge in [0.15, 0.2) is 5.76 Å². The minimum atomic E-state index is -3.50. The summed E-state index contributed by atoms with van der Waals surface area (Å²) in [6.45, 7) is 3.31. The molecule has 0 saturated carbocycles. The van der Waals surface area contributed by atoms with E-state index in [0.29, 0.717) is 26.2 Å². The first-order chi connectivity index (χ1) is 14.4. The first-order valence-corrected chi connectivity index (χ1v) is 11.2. The number of anilines is 1. The number of nitrogens with zero attached hydrogens (tertiary/aromatic N) is 3. The molecule has 2 aromatic heterocycles. The molecule has 1 aliphatic heterocycles. The number of amides is 2. The molecule has 1 saturated heterocycles. The smallest absolute Gasteiger partial charge is 0.287 e. The van der Waals surface area contributed by atoms with Gasteiger partial charge in [-0.3, -0.25) is 9.59 Å². The van der Waals surface area contributed by atoms with E-state index in [1.165, 1.54) is 23.6 Å². The van der Waals surface area contributed by atoms with Crippen molar-refractivity contribution in [3.05, 3.63) is 48.6 Å². The highest BCUT2D eigenvalue weighted by atomic mass is 32.2. The second kappa shape index (κ2) is 9.72. The van der Waals surface area contributed by atoms with Crippen LogP contribution in [-0.4, -0.2) is 74.0 Å². The standard InChI is InChI=1S/C19H25N5O5S/c1-15(22-19(26)16-5-4-13-29-16)18(25)21-8-14-30(27,28)24-11-9-23(10-12-24)17-6-2-3-7-20-17/h2-7,13,15H,8-12,14H2,1H3,(H,21,25)(H,22,26). The lowest BCUT2D eigenvalue weighted by Crippen LogP contribution is -2.51. The Balaban J connectivity index is 1.41. The zero-order valence-corrected chi connectivity index (χ0v) is 17.5. The molecule has 2 amide bonds. The summed E-state index contributed by atoms with van der Waals surface area (Å²) in [5.74, 6) is -0.262. The molecule has 1 fully saturated rings. The maximum absolute atomic E-state index is 12.6. The lowest BCUT2D eigenvalue weighted by Gasteiger charge is -2.34. The summed E-state index contributed by atoms with van der Waals surface area (Å²) in [7, 11) is -3.50. The van der Waals surface area contributed by atoms with Crippen molar-refractivity contribution in [2.45, 2.75) is 13.0 Å². The van der Waals surface area contributed by atoms with Crippen LogP contribution in [0.1, 0.15) is 17.5 Å². The first kappa shape index (κ1) is 21.8. The number of carbonyl (C=O) groups is 2. The Morgan fingerprint density at radius 3 is 2.57 bits per heavy atom. The van der Waals surface area contributed by atoms with Crippen LogP contribution in [0.3, 0.4) is 0 Å². The average Bonchev–Trinajstić information content (AvgIpc) is 3.29. The van der Waals surface area contributed by atoms with Crippen molar-refractivity contribution in [3.8, 4) is 0 Å². The van der Waals surface area contributed by atoms with Gasteiger partial charge in [0.1, 0.15) is 11.9 Å². The highest BCUT2D eigenvalue weighted by Crippen LogP contribution is 2.14. The third-order valence-electron chi connectivity index (χ3n) is 4.75. The van der Waals surface area contributed by atoms with Gasteiger partial charge in [0, 0.05) is 38.9 Å². The molecule has 1 aliphatic rings. The van der Waals surface area contributed by atoms with Gasteiger partial charge in [-0.05, 0) is 31.2 Å². The van der Waals surface area contributed by atoms with Gasteiger partial charge in [-0.1, -0.05) is 6.07 Å². The number of piperazine rings is 1. The van der Waals surface area contributed by atoms with Crippen LogP contribution in [0.25, 0.3) is 0 Å². The molecule has 2 N–H and O–H groups in total. The Labute approximate surface area is 175 Å². The minimum Gasteiger partial charge on any atom is -0.459 e. The Bertz CT molecular complexity index is 941. The van der Waals surface area contributed by atoms with Gasteiger partial charge < -0.3 is 20.0 Å². The summed E-state index contributed by atoms with van der Waals surface area (Å²) in [4.78, 5) is 30.4. The number of hydrogen-bond acceptors (Lipinski definition) is 7. The maximum Gasteiger partial charge on any atom is 0.287 e. The number of furan rings is 1. The van der Waals surface area contributed by atoms with E-state index in [-0.39, 0.29) is 18.1 Å². The zero-order chi connectivity index (χ0) is 21.6. The van der Waals surface area contributed by atoms with Crippen LogP contribution in [0.2, 0.25) is 0 Å². The molecule has 0 spiro atoms. The number of pyridine rings is 1. The normalized spacial score (nSPS) is 16.1. The molecule has 0 radical (unpaired) electrons. The Kier molecular flexibility index (Phi) is 7.06. The van der Waals surface area contributed by atoms with Gasteiger partial charge in [-0.15, -0.1) is 0 Å². The van der Waals surface area contributed by atoms with Gasteiger partial charge >= 0.3 is 0 Å². The van der Waals surface area contributed by atoms with Crippen LogP contribution in [0.4, 0.5) is 5.82 Å². The fourth-order valence-corrected chi connectivity index (χ4v) is 4.40. The molecule has 2 aromatic rings. The quantitative estimate of drug-likeness (QED) is 0.601. The van der Waals surface area contributed by atoms with E-state index in [1.54, 1.807) is 12.3 Å². The highest BCUT2D eigenvalue weighted by Gasteiger charge is 2.27. The Morgan fingerprint density at radius 1 is 1.17 bits per heavy atom. The summed E-state index contributed by atoms with van der Waals surface area (Å²) in [6.07, 6.45) is 3.07. The van der Waals surface area contributed by atoms with E-state index < -0.39 is 27.9 Å². The summed E-state index contributed by atoms with van der Waals surface area (Å²) in [5.41, 5.74) is 0. The van der Waals surface area contributed by atoms with Crippen LogP contribution in [0.5, 0.6) is 0 Å². The molecule has 1 atom stereocenters. The molecule has 11 heteroatoms. The van der Waals surface area contributed by atoms with Crippen molar-refractivity contribution in [1.82, 2.24) is 19.9 Å². The predicted octanol–water partition coefficient (Wildman–Crippen LogP) is 0.0611. The van der Waals surface area contributed by atoms with E-state index in [2.05, 4.69) is 15.6 Å². The third kappa shape index (κ3) is 5.57. The number of aromatic nitrogens is 1. The Morgan fingerprint density at radius 2 is 1.93 bits per heavy atom. The van der Waals surface area contributed by atoms with E-state index in [1.807, 2.05) is 23.1 Å². The van der Waals surface area contributed by atoms with Crippen molar-refractivity contribution in [1.29, 1.82) is 0 Å². The number of rotatable bonds is 8. The third-order valence-corrected chi connectivity index (χ3v) is 6.62. The number of nitrogens with one attached hydrogen (secondary N) is 2. The molecule has 0 bridgehead atoms. The largest absolute Gasteiger partial charge is 0.459 e. The molecule has 0 aromatic carbocycles. The van der Waals surface area contributed by atoms with Gasteiger partial charge in [0.2, 0.25) is 15.9 Å². The van der Waals surface area contributed by atoms with Gasteiger partial charge in [0.05, 0.1) is 12.0 Å². The molecular weight excluding hydrogens is 410 g/mol. The van der Waals surface area contributed by atoms with Gasteiger partial charge in [0.25, 0.3) is 5.91 Å². The van der Waals surface area contributed by atoms with Crippen molar-refractivity contribution in [2.75, 3.05) is 43.4 Å². The predicted molar refractivity (Wildman–Crippen MR) is 110 cm³/mol. The number of hydrogen-bond donors (Lipinski definition) is 2. The van der Waals surface area contributed by atoms with E-state index in [9.17, 15) is 18.0 Å². The van der Waals surface area contributed by atoms with E-state index in [4.69, 9.17) is 4.42 Å². The fraction of sp³-hybridized carbons (Fsp3) is 0.421. The molecule has 3 rings (SSSR count). The van der Waals surface area contributed by atoms with Crippen molar-refractivity contribution in [3.63, 3.8) is 0 Å². The second-order valence-electron chi connectivity index (χ2n) is 6.85. The van der Waals surface area contributed by atoms with Crippen molar-refractivity contribution < 1.29 is 22.4 Å². The van der Waals surface area contributed by atoms with Crippen molar-refractivity contribution >= 4 is 27.7 Å².